The quantitative estimate of drug-likeness (QED) is 0.176. The van der Waals surface area contributed by atoms with Crippen LogP contribution in [-0.4, -0.2) is 14.8 Å². The Balaban J connectivity index is 1.29. The SMILES string of the molecule is N#Cc1ccc(C2CCCC(n3c4ccc5ccccc5c4c4cc5c6ccccc6n6c7ccccc7c(c43)c56)=Nc3ccccc32)cc1. The van der Waals surface area contributed by atoms with E-state index in [1.54, 1.807) is 0 Å². The van der Waals surface area contributed by atoms with E-state index < -0.39 is 0 Å². The second kappa shape index (κ2) is 10.3. The maximum Gasteiger partial charge on any atom is 0.114 e. The lowest BCUT2D eigenvalue weighted by Crippen LogP contribution is -2.15. The van der Waals surface area contributed by atoms with Crippen LogP contribution in [0.25, 0.3) is 70.7 Å². The van der Waals surface area contributed by atoms with Crippen LogP contribution < -0.4 is 0 Å². The van der Waals surface area contributed by atoms with E-state index >= 15 is 0 Å². The molecule has 11 rings (SSSR count). The number of hydrogen-bond acceptors (Lipinski definition) is 2. The van der Waals surface area contributed by atoms with Gasteiger partial charge in [0.25, 0.3) is 0 Å². The molecule has 3 aromatic heterocycles. The zero-order chi connectivity index (χ0) is 32.9. The summed E-state index contributed by atoms with van der Waals surface area (Å²) in [5.74, 6) is 1.29. The highest BCUT2D eigenvalue weighted by molar-refractivity contribution is 6.37. The number of aliphatic imine (C=N–C) groups is 1. The monoisotopic (exact) mass is 638 g/mol. The minimum absolute atomic E-state index is 0.214. The molecule has 7 aromatic carbocycles. The summed E-state index contributed by atoms with van der Waals surface area (Å²) in [4.78, 5) is 5.62. The highest BCUT2D eigenvalue weighted by atomic mass is 15.1. The number of aromatic nitrogens is 2. The summed E-state index contributed by atoms with van der Waals surface area (Å²) in [5, 5.41) is 19.6. The molecule has 10 aromatic rings. The first kappa shape index (κ1) is 27.5. The van der Waals surface area contributed by atoms with E-state index in [1.165, 1.54) is 81.8 Å². The van der Waals surface area contributed by atoms with Crippen LogP contribution in [-0.2, 0) is 0 Å². The molecule has 0 bridgehead atoms. The fourth-order valence-electron chi connectivity index (χ4n) is 9.04. The van der Waals surface area contributed by atoms with Crippen molar-refractivity contribution < 1.29 is 0 Å². The molecule has 0 amide bonds. The van der Waals surface area contributed by atoms with Gasteiger partial charge in [-0.2, -0.15) is 5.26 Å². The van der Waals surface area contributed by atoms with Gasteiger partial charge in [-0.25, -0.2) is 4.99 Å². The smallest absolute Gasteiger partial charge is 0.114 e. The third-order valence-corrected chi connectivity index (χ3v) is 11.1. The normalized spacial score (nSPS) is 15.3. The van der Waals surface area contributed by atoms with Crippen molar-refractivity contribution in [2.75, 3.05) is 0 Å². The Labute approximate surface area is 288 Å². The van der Waals surface area contributed by atoms with Gasteiger partial charge in [0.05, 0.1) is 44.9 Å². The van der Waals surface area contributed by atoms with Crippen molar-refractivity contribution in [3.8, 4) is 6.07 Å². The van der Waals surface area contributed by atoms with Gasteiger partial charge in [-0.1, -0.05) is 97.1 Å². The van der Waals surface area contributed by atoms with Crippen LogP contribution in [0.2, 0.25) is 0 Å². The summed E-state index contributed by atoms with van der Waals surface area (Å²) in [7, 11) is 0. The van der Waals surface area contributed by atoms with Crippen molar-refractivity contribution >= 4 is 82.2 Å². The maximum atomic E-state index is 9.43. The number of hydrogen-bond donors (Lipinski definition) is 0. The molecule has 234 valence electrons. The van der Waals surface area contributed by atoms with Gasteiger partial charge in [0.15, 0.2) is 0 Å². The molecule has 4 nitrogen and oxygen atoms in total. The molecule has 0 saturated heterocycles. The molecule has 0 saturated carbocycles. The third kappa shape index (κ3) is 3.67. The van der Waals surface area contributed by atoms with Gasteiger partial charge in [-0.3, -0.25) is 4.57 Å². The van der Waals surface area contributed by atoms with E-state index in [9.17, 15) is 5.26 Å². The summed E-state index contributed by atoms with van der Waals surface area (Å²) in [5.41, 5.74) is 10.4. The molecular formula is C46H30N4. The topological polar surface area (TPSA) is 45.5 Å². The largest absolute Gasteiger partial charge is 0.308 e. The molecular weight excluding hydrogens is 609 g/mol. The van der Waals surface area contributed by atoms with Gasteiger partial charge >= 0.3 is 0 Å². The van der Waals surface area contributed by atoms with Crippen molar-refractivity contribution in [3.05, 3.63) is 156 Å². The van der Waals surface area contributed by atoms with E-state index in [0.29, 0.717) is 5.56 Å². The second-order valence-electron chi connectivity index (χ2n) is 13.7. The Kier molecular flexibility index (Phi) is 5.66. The van der Waals surface area contributed by atoms with Gasteiger partial charge in [-0.05, 0) is 77.2 Å². The van der Waals surface area contributed by atoms with Gasteiger partial charge in [0.2, 0.25) is 0 Å². The van der Waals surface area contributed by atoms with Crippen LogP contribution in [0.5, 0.6) is 0 Å². The highest BCUT2D eigenvalue weighted by Crippen LogP contribution is 2.47. The van der Waals surface area contributed by atoms with Crippen LogP contribution in [0.3, 0.4) is 0 Å². The fourth-order valence-corrected chi connectivity index (χ4v) is 9.04. The predicted octanol–water partition coefficient (Wildman–Crippen LogP) is 11.9. The number of nitriles is 1. The Morgan fingerprint density at radius 3 is 2.16 bits per heavy atom. The molecule has 50 heavy (non-hydrogen) atoms. The van der Waals surface area contributed by atoms with Crippen LogP contribution in [0.15, 0.2) is 145 Å². The predicted molar refractivity (Wildman–Crippen MR) is 207 cm³/mol. The second-order valence-corrected chi connectivity index (χ2v) is 13.7. The minimum atomic E-state index is 0.214. The average molecular weight is 639 g/mol. The lowest BCUT2D eigenvalue weighted by atomic mass is 9.85. The summed E-state index contributed by atoms with van der Waals surface area (Å²) >= 11 is 0. The zero-order valence-corrected chi connectivity index (χ0v) is 27.3. The maximum absolute atomic E-state index is 9.43. The first-order valence-electron chi connectivity index (χ1n) is 17.5. The number of para-hydroxylation sites is 3. The van der Waals surface area contributed by atoms with Gasteiger partial charge in [0, 0.05) is 44.7 Å². The molecule has 0 N–H and O–H groups in total. The van der Waals surface area contributed by atoms with E-state index in [-0.39, 0.29) is 5.92 Å². The standard InChI is InChI=1S/C46H30N4/c47-27-28-20-22-30(23-21-28)31-15-9-19-42(48-38-16-6-3-12-33(31)38)50-41-25-24-29-10-1-2-11-32(29)43(41)37-26-36-34-13-4-7-17-39(34)49-40-18-8-5-14-35(40)44(45(36)49)46(37)50/h1-8,10-14,16-18,20-26,31H,9,15,19H2. The van der Waals surface area contributed by atoms with Gasteiger partial charge in [-0.15, -0.1) is 0 Å². The first-order valence-corrected chi connectivity index (χ1v) is 17.5. The van der Waals surface area contributed by atoms with Crippen molar-refractivity contribution in [1.29, 1.82) is 5.26 Å². The Bertz CT molecular complexity index is 3080. The average Bonchev–Trinajstić information content (AvgIpc) is 3.80. The molecule has 1 unspecified atom stereocenters. The molecule has 4 heteroatoms. The van der Waals surface area contributed by atoms with Crippen LogP contribution >= 0.6 is 0 Å². The van der Waals surface area contributed by atoms with Crippen molar-refractivity contribution in [1.82, 2.24) is 8.97 Å². The van der Waals surface area contributed by atoms with E-state index in [2.05, 4.69) is 142 Å². The number of nitrogens with zero attached hydrogens (tertiary/aromatic N) is 4. The molecule has 0 fully saturated rings. The van der Waals surface area contributed by atoms with Crippen molar-refractivity contribution in [2.45, 2.75) is 25.2 Å². The summed E-state index contributed by atoms with van der Waals surface area (Å²) in [6, 6.07) is 52.6. The number of fused-ring (bicyclic) bond motifs is 13. The first-order chi connectivity index (χ1) is 24.8. The lowest BCUT2D eigenvalue weighted by molar-refractivity contribution is 0.669. The molecule has 0 spiro atoms. The molecule has 0 aliphatic carbocycles. The Morgan fingerprint density at radius 2 is 1.32 bits per heavy atom. The third-order valence-electron chi connectivity index (χ3n) is 11.1. The number of benzene rings is 7. The van der Waals surface area contributed by atoms with Crippen LogP contribution in [0.1, 0.15) is 41.9 Å². The van der Waals surface area contributed by atoms with E-state index in [4.69, 9.17) is 4.99 Å². The Hall–Kier alpha value is -6.44. The summed E-state index contributed by atoms with van der Waals surface area (Å²) in [6.45, 7) is 0. The van der Waals surface area contributed by atoms with E-state index in [1.807, 2.05) is 12.1 Å². The van der Waals surface area contributed by atoms with Crippen molar-refractivity contribution in [2.24, 2.45) is 4.99 Å². The summed E-state index contributed by atoms with van der Waals surface area (Å²) in [6.07, 6.45) is 2.83. The van der Waals surface area contributed by atoms with E-state index in [0.717, 1.165) is 30.8 Å². The lowest BCUT2D eigenvalue weighted by Gasteiger charge is -2.24. The number of rotatable bonds is 1. The Morgan fingerprint density at radius 1 is 0.600 bits per heavy atom. The van der Waals surface area contributed by atoms with Crippen LogP contribution in [0, 0.1) is 11.3 Å². The van der Waals surface area contributed by atoms with Crippen LogP contribution in [0.4, 0.5) is 5.69 Å². The van der Waals surface area contributed by atoms with Crippen molar-refractivity contribution in [3.63, 3.8) is 0 Å². The van der Waals surface area contributed by atoms with Gasteiger partial charge < -0.3 is 4.40 Å². The molecule has 1 aliphatic rings. The van der Waals surface area contributed by atoms with Gasteiger partial charge in [0.1, 0.15) is 5.84 Å². The highest BCUT2D eigenvalue weighted by Gasteiger charge is 2.27. The summed E-state index contributed by atoms with van der Waals surface area (Å²) < 4.78 is 4.99. The zero-order valence-electron chi connectivity index (χ0n) is 27.3. The fraction of sp³-hybridized carbons (Fsp3) is 0.0870. The molecule has 0 radical (unpaired) electrons. The molecule has 1 aliphatic heterocycles. The molecule has 1 atom stereocenters. The minimum Gasteiger partial charge on any atom is -0.308 e. The molecule has 4 heterocycles.